The topological polar surface area (TPSA) is 12.5 Å². The second-order valence-corrected chi connectivity index (χ2v) is 4.91. The van der Waals surface area contributed by atoms with Crippen molar-refractivity contribution < 1.29 is 9.13 Å². The minimum atomic E-state index is -0.277. The van der Waals surface area contributed by atoms with E-state index >= 15 is 0 Å². The highest BCUT2D eigenvalue weighted by atomic mass is 35.5. The molecule has 0 amide bonds. The molecule has 1 nitrogen and oxygen atoms in total. The molecule has 0 N–H and O–H groups in total. The van der Waals surface area contributed by atoms with Gasteiger partial charge in [0.2, 0.25) is 0 Å². The molecule has 1 atom stereocenters. The molecule has 2 fully saturated rings. The van der Waals surface area contributed by atoms with Crippen molar-refractivity contribution in [2.24, 2.45) is 0 Å². The van der Waals surface area contributed by atoms with Crippen LogP contribution in [0.3, 0.4) is 0 Å². The Labute approximate surface area is 93.2 Å². The SMILES string of the molecule is Fc1cc(Cl)cc(C2OC23CCCC3)c1. The van der Waals surface area contributed by atoms with Gasteiger partial charge in [-0.05, 0) is 36.6 Å². The fourth-order valence-electron chi connectivity index (χ4n) is 2.65. The Morgan fingerprint density at radius 1 is 1.27 bits per heavy atom. The molecule has 3 rings (SSSR count). The number of hydrogen-bond acceptors (Lipinski definition) is 1. The molecule has 1 spiro atoms. The van der Waals surface area contributed by atoms with Crippen LogP contribution in [0.1, 0.15) is 37.4 Å². The maximum absolute atomic E-state index is 13.2. The van der Waals surface area contributed by atoms with Gasteiger partial charge in [-0.1, -0.05) is 24.4 Å². The van der Waals surface area contributed by atoms with Gasteiger partial charge in [-0.2, -0.15) is 0 Å². The number of ether oxygens (including phenoxy) is 1. The Kier molecular flexibility index (Phi) is 2.05. The van der Waals surface area contributed by atoms with Crippen molar-refractivity contribution in [3.63, 3.8) is 0 Å². The normalized spacial score (nSPS) is 27.2. The first kappa shape index (κ1) is 9.61. The predicted octanol–water partition coefficient (Wildman–Crippen LogP) is 3.86. The van der Waals surface area contributed by atoms with E-state index in [4.69, 9.17) is 16.3 Å². The molecule has 0 bridgehead atoms. The quantitative estimate of drug-likeness (QED) is 0.663. The number of rotatable bonds is 1. The molecule has 0 aromatic heterocycles. The van der Waals surface area contributed by atoms with Gasteiger partial charge < -0.3 is 4.74 Å². The number of hydrogen-bond donors (Lipinski definition) is 0. The van der Waals surface area contributed by atoms with E-state index in [9.17, 15) is 4.39 Å². The molecule has 1 saturated heterocycles. The summed E-state index contributed by atoms with van der Waals surface area (Å²) in [6.07, 6.45) is 4.73. The van der Waals surface area contributed by atoms with Crippen LogP contribution in [0.15, 0.2) is 18.2 Å². The van der Waals surface area contributed by atoms with Gasteiger partial charge in [-0.3, -0.25) is 0 Å². The first-order valence-corrected chi connectivity index (χ1v) is 5.71. The minimum Gasteiger partial charge on any atom is -0.361 e. The summed E-state index contributed by atoms with van der Waals surface area (Å²) in [6, 6.07) is 4.67. The van der Waals surface area contributed by atoms with Gasteiger partial charge in [0.1, 0.15) is 11.9 Å². The van der Waals surface area contributed by atoms with Gasteiger partial charge in [0.25, 0.3) is 0 Å². The van der Waals surface area contributed by atoms with Crippen molar-refractivity contribution in [2.75, 3.05) is 0 Å². The zero-order chi connectivity index (χ0) is 10.5. The van der Waals surface area contributed by atoms with E-state index in [0.29, 0.717) is 5.02 Å². The molecule has 80 valence electrons. The number of halogens is 2. The van der Waals surface area contributed by atoms with Crippen molar-refractivity contribution in [2.45, 2.75) is 37.4 Å². The smallest absolute Gasteiger partial charge is 0.125 e. The first-order chi connectivity index (χ1) is 7.20. The van der Waals surface area contributed by atoms with Crippen LogP contribution in [0.5, 0.6) is 0 Å². The van der Waals surface area contributed by atoms with Crippen molar-refractivity contribution in [3.8, 4) is 0 Å². The van der Waals surface area contributed by atoms with Crippen LogP contribution < -0.4 is 0 Å². The molecule has 15 heavy (non-hydrogen) atoms. The largest absolute Gasteiger partial charge is 0.361 e. The third-order valence-corrected chi connectivity index (χ3v) is 3.63. The van der Waals surface area contributed by atoms with Crippen molar-refractivity contribution in [3.05, 3.63) is 34.6 Å². The lowest BCUT2D eigenvalue weighted by molar-refractivity contribution is 0.297. The summed E-state index contributed by atoms with van der Waals surface area (Å²) >= 11 is 5.82. The average Bonchev–Trinajstić information content (AvgIpc) is 2.63. The van der Waals surface area contributed by atoms with Crippen LogP contribution in [-0.4, -0.2) is 5.60 Å². The fraction of sp³-hybridized carbons (Fsp3) is 0.500. The van der Waals surface area contributed by atoms with Crippen LogP contribution in [0.25, 0.3) is 0 Å². The molecule has 2 aliphatic rings. The molecule has 1 heterocycles. The van der Waals surface area contributed by atoms with Crippen molar-refractivity contribution in [1.82, 2.24) is 0 Å². The highest BCUT2D eigenvalue weighted by Crippen LogP contribution is 2.58. The van der Waals surface area contributed by atoms with E-state index < -0.39 is 0 Å². The summed E-state index contributed by atoms with van der Waals surface area (Å²) in [4.78, 5) is 0. The van der Waals surface area contributed by atoms with Gasteiger partial charge in [0, 0.05) is 5.02 Å². The Morgan fingerprint density at radius 2 is 2.00 bits per heavy atom. The highest BCUT2D eigenvalue weighted by molar-refractivity contribution is 6.30. The van der Waals surface area contributed by atoms with E-state index in [2.05, 4.69) is 0 Å². The van der Waals surface area contributed by atoms with Gasteiger partial charge in [0.15, 0.2) is 0 Å². The van der Waals surface area contributed by atoms with Crippen LogP contribution in [0.2, 0.25) is 5.02 Å². The second kappa shape index (κ2) is 3.19. The number of epoxide rings is 1. The molecule has 1 unspecified atom stereocenters. The molecule has 1 aromatic rings. The fourth-order valence-corrected chi connectivity index (χ4v) is 2.88. The summed E-state index contributed by atoms with van der Waals surface area (Å²) in [5.41, 5.74) is 0.916. The van der Waals surface area contributed by atoms with Crippen molar-refractivity contribution in [1.29, 1.82) is 0 Å². The monoisotopic (exact) mass is 226 g/mol. The third-order valence-electron chi connectivity index (χ3n) is 3.41. The lowest BCUT2D eigenvalue weighted by Crippen LogP contribution is -2.04. The van der Waals surface area contributed by atoms with Gasteiger partial charge in [-0.15, -0.1) is 0 Å². The molecule has 0 radical (unpaired) electrons. The van der Waals surface area contributed by atoms with E-state index in [0.717, 1.165) is 18.4 Å². The average molecular weight is 227 g/mol. The zero-order valence-electron chi connectivity index (χ0n) is 8.30. The Balaban J connectivity index is 1.89. The second-order valence-electron chi connectivity index (χ2n) is 4.47. The molecule has 1 aliphatic heterocycles. The lowest BCUT2D eigenvalue weighted by Gasteiger charge is -2.02. The molecule has 1 aromatic carbocycles. The van der Waals surface area contributed by atoms with Crippen LogP contribution in [-0.2, 0) is 4.74 Å². The summed E-state index contributed by atoms with van der Waals surface area (Å²) in [5, 5.41) is 0.452. The summed E-state index contributed by atoms with van der Waals surface area (Å²) in [5.74, 6) is -0.277. The zero-order valence-corrected chi connectivity index (χ0v) is 9.06. The van der Waals surface area contributed by atoms with Gasteiger partial charge in [0.05, 0.1) is 5.60 Å². The molecular formula is C12H12ClFO. The molecular weight excluding hydrogens is 215 g/mol. The lowest BCUT2D eigenvalue weighted by atomic mass is 9.98. The Hall–Kier alpha value is -0.600. The van der Waals surface area contributed by atoms with Gasteiger partial charge >= 0.3 is 0 Å². The van der Waals surface area contributed by atoms with E-state index in [1.54, 1.807) is 0 Å². The maximum atomic E-state index is 13.2. The summed E-state index contributed by atoms with van der Waals surface area (Å²) in [7, 11) is 0. The first-order valence-electron chi connectivity index (χ1n) is 5.33. The highest BCUT2D eigenvalue weighted by Gasteiger charge is 2.58. The Morgan fingerprint density at radius 3 is 2.67 bits per heavy atom. The van der Waals surface area contributed by atoms with Crippen LogP contribution in [0.4, 0.5) is 4.39 Å². The third kappa shape index (κ3) is 1.56. The summed E-state index contributed by atoms with van der Waals surface area (Å²) < 4.78 is 18.9. The predicted molar refractivity (Wildman–Crippen MR) is 56.4 cm³/mol. The molecule has 3 heteroatoms. The van der Waals surface area contributed by atoms with Crippen molar-refractivity contribution >= 4 is 11.6 Å². The number of benzene rings is 1. The van der Waals surface area contributed by atoms with E-state index in [1.807, 2.05) is 6.07 Å². The van der Waals surface area contributed by atoms with E-state index in [-0.39, 0.29) is 17.5 Å². The standard InChI is InChI=1S/C12H12ClFO/c13-9-5-8(6-10(14)7-9)11-12(15-11)3-1-2-4-12/h5-7,11H,1-4H2. The summed E-state index contributed by atoms with van der Waals surface area (Å²) in [6.45, 7) is 0. The van der Waals surface area contributed by atoms with Gasteiger partial charge in [-0.25, -0.2) is 4.39 Å². The van der Waals surface area contributed by atoms with E-state index in [1.165, 1.54) is 25.0 Å². The minimum absolute atomic E-state index is 0.0249. The van der Waals surface area contributed by atoms with Crippen LogP contribution in [0, 0.1) is 5.82 Å². The Bertz CT molecular complexity index is 378. The molecule has 1 saturated carbocycles. The molecule has 1 aliphatic carbocycles. The van der Waals surface area contributed by atoms with Crippen LogP contribution >= 0.6 is 11.6 Å². The maximum Gasteiger partial charge on any atom is 0.125 e.